The molecule has 0 saturated carbocycles. The largest absolute Gasteiger partial charge is 0.481 e. The van der Waals surface area contributed by atoms with Gasteiger partial charge in [-0.1, -0.05) is 21.3 Å². The number of ether oxygens (including phenoxy) is 1. The van der Waals surface area contributed by atoms with E-state index in [1.165, 1.54) is 13.8 Å². The lowest BCUT2D eigenvalue weighted by atomic mass is 9.74. The van der Waals surface area contributed by atoms with E-state index >= 15 is 0 Å². The van der Waals surface area contributed by atoms with Gasteiger partial charge in [-0.05, 0) is 26.7 Å². The zero-order chi connectivity index (χ0) is 29.5. The van der Waals surface area contributed by atoms with Gasteiger partial charge in [0, 0.05) is 0 Å². The Kier molecular flexibility index (Phi) is 15.5. The third-order valence-electron chi connectivity index (χ3n) is 6.25. The predicted molar refractivity (Wildman–Crippen MR) is 127 cm³/mol. The maximum absolute atomic E-state index is 11.4. The molecule has 8 N–H and O–H groups in total. The molecule has 39 heavy (non-hydrogen) atoms. The SMILES string of the molecule is C.CC(C(=O)O)C(CC(C)(CC(=O)O)C(=O)O)C(=O)O.CC1C(=O)OC(=O)C1CC(C)(CC(=O)O)C(=O)O.O. The molecule has 1 fully saturated rings. The van der Waals surface area contributed by atoms with Gasteiger partial charge in [0.05, 0.1) is 47.3 Å². The molecule has 0 spiro atoms. The van der Waals surface area contributed by atoms with Crippen molar-refractivity contribution in [3.8, 4) is 0 Å². The van der Waals surface area contributed by atoms with E-state index in [0.29, 0.717) is 0 Å². The number of hydrogen-bond acceptors (Lipinski definition) is 9. The number of carbonyl (C=O) groups is 8. The van der Waals surface area contributed by atoms with E-state index in [1.54, 1.807) is 0 Å². The average molecular weight is 569 g/mol. The molecule has 0 aliphatic carbocycles. The van der Waals surface area contributed by atoms with Gasteiger partial charge in [0.25, 0.3) is 0 Å². The number of carboxylic acids is 6. The summed E-state index contributed by atoms with van der Waals surface area (Å²) in [4.78, 5) is 88.0. The van der Waals surface area contributed by atoms with Gasteiger partial charge >= 0.3 is 47.8 Å². The van der Waals surface area contributed by atoms with Gasteiger partial charge in [-0.3, -0.25) is 38.4 Å². The van der Waals surface area contributed by atoms with Crippen LogP contribution in [0.3, 0.4) is 0 Å². The Hall–Kier alpha value is -4.08. The van der Waals surface area contributed by atoms with Crippen LogP contribution in [0.15, 0.2) is 0 Å². The highest BCUT2D eigenvalue weighted by molar-refractivity contribution is 5.96. The van der Waals surface area contributed by atoms with Gasteiger partial charge in [0.2, 0.25) is 0 Å². The lowest BCUT2D eigenvalue weighted by Crippen LogP contribution is -2.38. The normalized spacial score (nSPS) is 20.5. The molecule has 1 aliphatic heterocycles. The number of hydrogen-bond donors (Lipinski definition) is 6. The quantitative estimate of drug-likeness (QED) is 0.130. The highest BCUT2D eigenvalue weighted by atomic mass is 16.6. The monoisotopic (exact) mass is 568 g/mol. The van der Waals surface area contributed by atoms with Gasteiger partial charge in [0.15, 0.2) is 0 Å². The number of esters is 2. The standard InChI is InChI=1S/C11H16O8.C11H14O7.CH4.H2O/c1-5(8(14)15)6(9(16)17)3-11(2,10(18)19)4-7(12)13;1-5-6(9(15)18-8(5)14)3-11(2,10(16)17)4-7(12)13;;/h5-6H,3-4H2,1-2H3,(H,12,13)(H,14,15)(H,16,17)(H,18,19);5-6H,3-4H2,1-2H3,(H,12,13)(H,16,17);1H4;1H2. The number of carboxylic acid groups (broad SMARTS) is 6. The number of carbonyl (C=O) groups excluding carboxylic acids is 2. The van der Waals surface area contributed by atoms with Crippen LogP contribution >= 0.6 is 0 Å². The lowest BCUT2D eigenvalue weighted by molar-refractivity contribution is -0.161. The van der Waals surface area contributed by atoms with Crippen molar-refractivity contribution in [3.05, 3.63) is 0 Å². The molecule has 1 heterocycles. The molecule has 1 rings (SSSR count). The first-order chi connectivity index (χ1) is 16.7. The molecule has 224 valence electrons. The van der Waals surface area contributed by atoms with E-state index in [9.17, 15) is 38.4 Å². The Labute approximate surface area is 222 Å². The van der Waals surface area contributed by atoms with Crippen LogP contribution in [0.5, 0.6) is 0 Å². The molecule has 6 unspecified atom stereocenters. The molecule has 0 aromatic rings. The maximum Gasteiger partial charge on any atom is 0.317 e. The van der Waals surface area contributed by atoms with Gasteiger partial charge in [-0.25, -0.2) is 0 Å². The molecule has 1 saturated heterocycles. The Bertz CT molecular complexity index is 971. The molecule has 0 aromatic heterocycles. The second-order valence-corrected chi connectivity index (χ2v) is 9.49. The van der Waals surface area contributed by atoms with Crippen LogP contribution in [0.25, 0.3) is 0 Å². The van der Waals surface area contributed by atoms with Crippen LogP contribution in [0.2, 0.25) is 0 Å². The highest BCUT2D eigenvalue weighted by Crippen LogP contribution is 2.37. The second kappa shape index (κ2) is 15.4. The predicted octanol–water partition coefficient (Wildman–Crippen LogP) is 0.453. The molecule has 6 atom stereocenters. The summed E-state index contributed by atoms with van der Waals surface area (Å²) in [5.41, 5.74) is -3.44. The van der Waals surface area contributed by atoms with Crippen molar-refractivity contribution in [1.29, 1.82) is 0 Å². The Morgan fingerprint density at radius 1 is 0.795 bits per heavy atom. The van der Waals surface area contributed by atoms with Crippen LogP contribution in [0.4, 0.5) is 0 Å². The molecule has 16 heteroatoms. The average Bonchev–Trinajstić information content (AvgIpc) is 2.96. The van der Waals surface area contributed by atoms with Gasteiger partial charge in [-0.15, -0.1) is 0 Å². The first kappa shape index (κ1) is 39.4. The van der Waals surface area contributed by atoms with Gasteiger partial charge in [-0.2, -0.15) is 0 Å². The van der Waals surface area contributed by atoms with Crippen molar-refractivity contribution in [2.45, 2.75) is 60.8 Å². The summed E-state index contributed by atoms with van der Waals surface area (Å²) in [5, 5.41) is 53.2. The first-order valence-corrected chi connectivity index (χ1v) is 10.8. The van der Waals surface area contributed by atoms with Crippen LogP contribution in [0.1, 0.15) is 60.8 Å². The summed E-state index contributed by atoms with van der Waals surface area (Å²) in [6, 6.07) is 0. The lowest BCUT2D eigenvalue weighted by Gasteiger charge is -2.27. The van der Waals surface area contributed by atoms with E-state index < -0.39 is 102 Å². The van der Waals surface area contributed by atoms with Crippen molar-refractivity contribution in [3.63, 3.8) is 0 Å². The molecule has 16 nitrogen and oxygen atoms in total. The molecular weight excluding hydrogens is 532 g/mol. The third kappa shape index (κ3) is 11.1. The summed E-state index contributed by atoms with van der Waals surface area (Å²) in [7, 11) is 0. The topological polar surface area (TPSA) is 299 Å². The van der Waals surface area contributed by atoms with Crippen molar-refractivity contribution >= 4 is 47.8 Å². The summed E-state index contributed by atoms with van der Waals surface area (Å²) < 4.78 is 4.40. The minimum Gasteiger partial charge on any atom is -0.481 e. The van der Waals surface area contributed by atoms with E-state index in [0.717, 1.165) is 13.8 Å². The Morgan fingerprint density at radius 2 is 1.21 bits per heavy atom. The minimum absolute atomic E-state index is 0. The second-order valence-electron chi connectivity index (χ2n) is 9.49. The third-order valence-corrected chi connectivity index (χ3v) is 6.25. The number of rotatable bonds is 13. The van der Waals surface area contributed by atoms with Crippen molar-refractivity contribution in [1.82, 2.24) is 0 Å². The van der Waals surface area contributed by atoms with E-state index in [-0.39, 0.29) is 19.3 Å². The van der Waals surface area contributed by atoms with Crippen molar-refractivity contribution in [2.24, 2.45) is 34.5 Å². The summed E-state index contributed by atoms with van der Waals surface area (Å²) >= 11 is 0. The van der Waals surface area contributed by atoms with E-state index in [1.807, 2.05) is 0 Å². The van der Waals surface area contributed by atoms with Crippen molar-refractivity contribution in [2.75, 3.05) is 0 Å². The summed E-state index contributed by atoms with van der Waals surface area (Å²) in [6.07, 6.45) is -2.21. The molecule has 1 aliphatic rings. The molecule has 0 aromatic carbocycles. The Morgan fingerprint density at radius 3 is 1.49 bits per heavy atom. The molecule has 0 bridgehead atoms. The van der Waals surface area contributed by atoms with Crippen LogP contribution in [0, 0.1) is 34.5 Å². The fourth-order valence-corrected chi connectivity index (χ4v) is 3.65. The molecule has 0 amide bonds. The highest BCUT2D eigenvalue weighted by Gasteiger charge is 2.48. The van der Waals surface area contributed by atoms with E-state index in [2.05, 4.69) is 4.74 Å². The van der Waals surface area contributed by atoms with Crippen LogP contribution in [-0.4, -0.2) is 83.9 Å². The number of aliphatic carboxylic acids is 6. The van der Waals surface area contributed by atoms with Crippen molar-refractivity contribution < 1.29 is 79.2 Å². The van der Waals surface area contributed by atoms with Crippen LogP contribution < -0.4 is 0 Å². The zero-order valence-electron chi connectivity index (χ0n) is 21.0. The smallest absolute Gasteiger partial charge is 0.317 e. The first-order valence-electron chi connectivity index (χ1n) is 10.8. The fraction of sp³-hybridized carbons (Fsp3) is 0.652. The fourth-order valence-electron chi connectivity index (χ4n) is 3.65. The van der Waals surface area contributed by atoms with Gasteiger partial charge < -0.3 is 40.9 Å². The molecular formula is C23H36O16. The van der Waals surface area contributed by atoms with Crippen LogP contribution in [-0.2, 0) is 43.1 Å². The number of cyclic esters (lactones) is 2. The Balaban J connectivity index is -0.000000633. The van der Waals surface area contributed by atoms with Gasteiger partial charge in [0.1, 0.15) is 0 Å². The summed E-state index contributed by atoms with van der Waals surface area (Å²) in [5.74, 6) is -14.2. The zero-order valence-corrected chi connectivity index (χ0v) is 21.0. The van der Waals surface area contributed by atoms with E-state index in [4.69, 9.17) is 30.6 Å². The maximum atomic E-state index is 11.4. The molecule has 0 radical (unpaired) electrons. The summed E-state index contributed by atoms with van der Waals surface area (Å²) in [6.45, 7) is 4.94. The minimum atomic E-state index is -1.83.